The molecule has 0 unspecified atom stereocenters. The maximum Gasteiger partial charge on any atom is 0.260 e. The Kier molecular flexibility index (Phi) is 4.30. The van der Waals surface area contributed by atoms with Crippen LogP contribution < -0.4 is 25.9 Å². The molecule has 0 saturated heterocycles. The van der Waals surface area contributed by atoms with E-state index in [0.717, 1.165) is 45.4 Å². The molecule has 0 fully saturated rings. The van der Waals surface area contributed by atoms with Crippen molar-refractivity contribution in [1.29, 1.82) is 0 Å². The van der Waals surface area contributed by atoms with Crippen LogP contribution in [-0.4, -0.2) is 11.3 Å². The molecule has 0 N–H and O–H groups in total. The summed E-state index contributed by atoms with van der Waals surface area (Å²) in [5, 5.41) is 1.22. The van der Waals surface area contributed by atoms with E-state index in [4.69, 9.17) is 9.47 Å². The number of aromatic nitrogens is 1. The fourth-order valence-corrected chi connectivity index (χ4v) is 5.57. The molecule has 0 atom stereocenters. The van der Waals surface area contributed by atoms with Crippen LogP contribution in [0.4, 0.5) is 0 Å². The fraction of sp³-hybridized carbons (Fsp3) is 0.0323. The zero-order chi connectivity index (χ0) is 23.5. The van der Waals surface area contributed by atoms with Gasteiger partial charge in [-0.3, -0.25) is 0 Å². The molecule has 4 aromatic carbocycles. The summed E-state index contributed by atoms with van der Waals surface area (Å²) < 4.78 is 15.3. The van der Waals surface area contributed by atoms with Gasteiger partial charge >= 0.3 is 0 Å². The second kappa shape index (κ2) is 7.54. The summed E-state index contributed by atoms with van der Waals surface area (Å²) in [4.78, 5) is 0. The minimum Gasteiger partial charge on any atom is -0.458 e. The lowest BCUT2D eigenvalue weighted by Gasteiger charge is -2.33. The average Bonchev–Trinajstić information content (AvgIpc) is 3.18. The molecule has 4 heteroatoms. The molecule has 0 bridgehead atoms. The van der Waals surface area contributed by atoms with Crippen molar-refractivity contribution >= 4 is 40.1 Å². The molecule has 0 radical (unpaired) electrons. The van der Waals surface area contributed by atoms with Crippen LogP contribution in [0.2, 0.25) is 0 Å². The summed E-state index contributed by atoms with van der Waals surface area (Å²) in [5.41, 5.74) is 7.91. The van der Waals surface area contributed by atoms with E-state index in [-0.39, 0.29) is 6.71 Å². The van der Waals surface area contributed by atoms with E-state index in [2.05, 4.69) is 96.9 Å². The predicted octanol–water partition coefficient (Wildman–Crippen LogP) is 5.87. The highest BCUT2D eigenvalue weighted by atomic mass is 16.5. The van der Waals surface area contributed by atoms with Crippen molar-refractivity contribution in [1.82, 2.24) is 4.57 Å². The molecule has 0 spiro atoms. The minimum absolute atomic E-state index is 0.0761. The second-order valence-corrected chi connectivity index (χ2v) is 9.03. The van der Waals surface area contributed by atoms with Crippen molar-refractivity contribution in [3.63, 3.8) is 0 Å². The lowest BCUT2D eigenvalue weighted by molar-refractivity contribution is 0.464. The maximum absolute atomic E-state index is 6.51. The second-order valence-electron chi connectivity index (χ2n) is 9.03. The van der Waals surface area contributed by atoms with Gasteiger partial charge in [0.1, 0.15) is 23.0 Å². The molecule has 7 rings (SSSR count). The smallest absolute Gasteiger partial charge is 0.260 e. The molecular formula is C31H22BNO2. The Balaban J connectivity index is 1.53. The van der Waals surface area contributed by atoms with Crippen molar-refractivity contribution in [3.05, 3.63) is 115 Å². The van der Waals surface area contributed by atoms with Crippen molar-refractivity contribution in [2.75, 3.05) is 0 Å². The first-order chi connectivity index (χ1) is 17.2. The van der Waals surface area contributed by atoms with Crippen LogP contribution in [0.1, 0.15) is 11.3 Å². The quantitative estimate of drug-likeness (QED) is 0.248. The molecule has 0 aliphatic carbocycles. The van der Waals surface area contributed by atoms with Gasteiger partial charge < -0.3 is 14.0 Å². The van der Waals surface area contributed by atoms with E-state index >= 15 is 0 Å². The van der Waals surface area contributed by atoms with Crippen LogP contribution in [0.5, 0.6) is 23.0 Å². The summed E-state index contributed by atoms with van der Waals surface area (Å²) in [6.45, 7) is 6.11. The van der Waals surface area contributed by atoms with Crippen molar-refractivity contribution in [2.24, 2.45) is 0 Å². The number of nitrogens with zero attached hydrogens (tertiary/aromatic N) is 1. The molecular weight excluding hydrogens is 429 g/mol. The highest BCUT2D eigenvalue weighted by molar-refractivity contribution is 6.98. The van der Waals surface area contributed by atoms with Gasteiger partial charge in [-0.2, -0.15) is 0 Å². The number of hydrogen-bond acceptors (Lipinski definition) is 2. The molecule has 0 amide bonds. The Labute approximate surface area is 204 Å². The number of fused-ring (bicyclic) bond motifs is 5. The normalized spacial score (nSPS) is 13.1. The molecule has 1 aromatic heterocycles. The van der Waals surface area contributed by atoms with Gasteiger partial charge in [0, 0.05) is 28.7 Å². The molecule has 3 heterocycles. The van der Waals surface area contributed by atoms with Gasteiger partial charge in [-0.05, 0) is 47.7 Å². The van der Waals surface area contributed by atoms with E-state index in [9.17, 15) is 0 Å². The number of hydrogen-bond donors (Lipinski definition) is 0. The molecule has 0 saturated carbocycles. The Morgan fingerprint density at radius 1 is 0.771 bits per heavy atom. The fourth-order valence-electron chi connectivity index (χ4n) is 5.57. The molecule has 3 nitrogen and oxygen atoms in total. The number of benzene rings is 4. The summed E-state index contributed by atoms with van der Waals surface area (Å²) in [5.74, 6) is 3.46. The van der Waals surface area contributed by atoms with Crippen LogP contribution in [0.25, 0.3) is 22.7 Å². The average molecular weight is 451 g/mol. The van der Waals surface area contributed by atoms with Crippen LogP contribution in [-0.2, 0) is 0 Å². The first-order valence-electron chi connectivity index (χ1n) is 11.9. The van der Waals surface area contributed by atoms with E-state index in [1.54, 1.807) is 0 Å². The molecule has 5 aromatic rings. The van der Waals surface area contributed by atoms with Gasteiger partial charge in [-0.25, -0.2) is 0 Å². The van der Waals surface area contributed by atoms with E-state index in [1.165, 1.54) is 21.9 Å². The first kappa shape index (κ1) is 20.0. The lowest BCUT2D eigenvalue weighted by Crippen LogP contribution is -2.57. The van der Waals surface area contributed by atoms with Crippen LogP contribution >= 0.6 is 0 Å². The van der Waals surface area contributed by atoms with Gasteiger partial charge in [-0.1, -0.05) is 73.3 Å². The summed E-state index contributed by atoms with van der Waals surface area (Å²) in [6, 6.07) is 29.4. The summed E-state index contributed by atoms with van der Waals surface area (Å²) in [6.07, 6.45) is 5.90. The summed E-state index contributed by atoms with van der Waals surface area (Å²) in [7, 11) is 0. The molecule has 35 heavy (non-hydrogen) atoms. The van der Waals surface area contributed by atoms with Crippen LogP contribution in [0.15, 0.2) is 104 Å². The lowest BCUT2D eigenvalue weighted by atomic mass is 9.35. The SMILES string of the molecule is C=C/C=C\c1c(C)c2ccccc2n1-c1cc2c3c(c1)Oc1ccccc1B3c1ccccc1O2. The first-order valence-corrected chi connectivity index (χ1v) is 11.9. The third kappa shape index (κ3) is 2.86. The maximum atomic E-state index is 6.51. The van der Waals surface area contributed by atoms with Crippen molar-refractivity contribution in [2.45, 2.75) is 6.92 Å². The number of allylic oxidation sites excluding steroid dienone is 2. The number of ether oxygens (including phenoxy) is 2. The van der Waals surface area contributed by atoms with Gasteiger partial charge in [0.25, 0.3) is 6.71 Å². The van der Waals surface area contributed by atoms with E-state index in [0.29, 0.717) is 0 Å². The zero-order valence-corrected chi connectivity index (χ0v) is 19.4. The standard InChI is InChI=1S/C31H22BNO2/c1-3-4-14-25-20(2)22-11-5-8-15-26(22)33(25)21-18-29-31-30(19-21)35-28-17-10-7-13-24(28)32(31)23-12-6-9-16-27(23)34-29/h3-19H,1H2,2H3/b14-4-. The van der Waals surface area contributed by atoms with Crippen LogP contribution in [0, 0.1) is 6.92 Å². The topological polar surface area (TPSA) is 23.4 Å². The van der Waals surface area contributed by atoms with E-state index in [1.807, 2.05) is 24.3 Å². The molecule has 2 aliphatic rings. The Hall–Kier alpha value is -4.44. The van der Waals surface area contributed by atoms with Gasteiger partial charge in [0.15, 0.2) is 0 Å². The van der Waals surface area contributed by atoms with Gasteiger partial charge in [0.05, 0.1) is 11.2 Å². The number of para-hydroxylation sites is 3. The highest BCUT2D eigenvalue weighted by Crippen LogP contribution is 2.38. The number of rotatable bonds is 3. The third-order valence-corrected chi connectivity index (χ3v) is 7.10. The summed E-state index contributed by atoms with van der Waals surface area (Å²) >= 11 is 0. The van der Waals surface area contributed by atoms with Gasteiger partial charge in [-0.15, -0.1) is 0 Å². The Morgan fingerprint density at radius 2 is 1.37 bits per heavy atom. The van der Waals surface area contributed by atoms with Gasteiger partial charge in [0.2, 0.25) is 0 Å². The number of aryl methyl sites for hydroxylation is 1. The molecule has 2 aliphatic heterocycles. The Bertz CT molecular complexity index is 1620. The zero-order valence-electron chi connectivity index (χ0n) is 19.4. The largest absolute Gasteiger partial charge is 0.458 e. The monoisotopic (exact) mass is 451 g/mol. The van der Waals surface area contributed by atoms with Crippen LogP contribution in [0.3, 0.4) is 0 Å². The molecule has 166 valence electrons. The van der Waals surface area contributed by atoms with Crippen molar-refractivity contribution < 1.29 is 9.47 Å². The predicted molar refractivity (Wildman–Crippen MR) is 145 cm³/mol. The highest BCUT2D eigenvalue weighted by Gasteiger charge is 2.40. The van der Waals surface area contributed by atoms with Crippen molar-refractivity contribution in [3.8, 4) is 28.7 Å². The third-order valence-electron chi connectivity index (χ3n) is 7.10. The Morgan fingerprint density at radius 3 is 2.03 bits per heavy atom. The van der Waals surface area contributed by atoms with E-state index < -0.39 is 0 Å². The minimum atomic E-state index is 0.0761.